The second-order valence-electron chi connectivity index (χ2n) is 7.74. The Morgan fingerprint density at radius 1 is 0.938 bits per heavy atom. The highest BCUT2D eigenvalue weighted by Crippen LogP contribution is 2.31. The molecule has 1 atom stereocenters. The van der Waals surface area contributed by atoms with E-state index in [1.807, 2.05) is 74.8 Å². The van der Waals surface area contributed by atoms with E-state index in [4.69, 9.17) is 4.74 Å². The van der Waals surface area contributed by atoms with Crippen molar-refractivity contribution in [1.29, 1.82) is 0 Å². The topological polar surface area (TPSA) is 51.2 Å². The Balaban J connectivity index is 1.58. The lowest BCUT2D eigenvalue weighted by atomic mass is 9.94. The van der Waals surface area contributed by atoms with E-state index in [1.165, 1.54) is 0 Å². The number of rotatable bonds is 8. The Kier molecular flexibility index (Phi) is 6.81. The van der Waals surface area contributed by atoms with Gasteiger partial charge in [-0.1, -0.05) is 61.5 Å². The van der Waals surface area contributed by atoms with Gasteiger partial charge in [-0.3, -0.25) is 9.78 Å². The molecule has 0 radical (unpaired) electrons. The molecule has 1 aromatic heterocycles. The van der Waals surface area contributed by atoms with Crippen molar-refractivity contribution in [2.45, 2.75) is 32.7 Å². The Labute approximate surface area is 189 Å². The standard InChI is InChI=1S/C28H28N2O2/c1-3-24(20-8-6-5-7-9-20)28(31)30-18-22-12-15-25(26-16-17-29-19-27(22)26)21-10-13-23(14-11-21)32-4-2/h5-17,19,24H,3-4,18H2,1-2H3,(H,30,31)/t24-/m1/s1. The molecule has 0 aliphatic rings. The number of pyridine rings is 1. The predicted molar refractivity (Wildman–Crippen MR) is 130 cm³/mol. The van der Waals surface area contributed by atoms with Crippen LogP contribution in [0.2, 0.25) is 0 Å². The molecule has 3 aromatic carbocycles. The maximum Gasteiger partial charge on any atom is 0.227 e. The Hall–Kier alpha value is -3.66. The highest BCUT2D eigenvalue weighted by Gasteiger charge is 2.18. The van der Waals surface area contributed by atoms with Crippen molar-refractivity contribution in [1.82, 2.24) is 10.3 Å². The van der Waals surface area contributed by atoms with Gasteiger partial charge in [-0.15, -0.1) is 0 Å². The summed E-state index contributed by atoms with van der Waals surface area (Å²) < 4.78 is 5.57. The van der Waals surface area contributed by atoms with Crippen LogP contribution in [0.4, 0.5) is 0 Å². The number of amides is 1. The van der Waals surface area contributed by atoms with E-state index in [2.05, 4.69) is 34.6 Å². The van der Waals surface area contributed by atoms with Gasteiger partial charge in [0.05, 0.1) is 12.5 Å². The monoisotopic (exact) mass is 424 g/mol. The number of aromatic nitrogens is 1. The number of hydrogen-bond donors (Lipinski definition) is 1. The van der Waals surface area contributed by atoms with Crippen molar-refractivity contribution >= 4 is 16.7 Å². The predicted octanol–water partition coefficient (Wildman–Crippen LogP) is 6.11. The van der Waals surface area contributed by atoms with Crippen LogP contribution in [0.3, 0.4) is 0 Å². The molecule has 32 heavy (non-hydrogen) atoms. The van der Waals surface area contributed by atoms with Gasteiger partial charge in [-0.25, -0.2) is 0 Å². The summed E-state index contributed by atoms with van der Waals surface area (Å²) in [6.45, 7) is 5.14. The average molecular weight is 425 g/mol. The third-order valence-electron chi connectivity index (χ3n) is 5.76. The van der Waals surface area contributed by atoms with Crippen LogP contribution in [0.5, 0.6) is 5.75 Å². The summed E-state index contributed by atoms with van der Waals surface area (Å²) in [5.74, 6) is 0.764. The van der Waals surface area contributed by atoms with Crippen LogP contribution in [-0.2, 0) is 11.3 Å². The largest absolute Gasteiger partial charge is 0.494 e. The minimum absolute atomic E-state index is 0.0475. The second kappa shape index (κ2) is 10.1. The molecule has 0 aliphatic heterocycles. The van der Waals surface area contributed by atoms with E-state index in [1.54, 1.807) is 0 Å². The molecule has 0 bridgehead atoms. The third kappa shape index (κ3) is 4.65. The van der Waals surface area contributed by atoms with Gasteiger partial charge < -0.3 is 10.1 Å². The number of carbonyl (C=O) groups is 1. The van der Waals surface area contributed by atoms with Gasteiger partial charge in [0.15, 0.2) is 0 Å². The summed E-state index contributed by atoms with van der Waals surface area (Å²) in [6, 6.07) is 24.3. The number of fused-ring (bicyclic) bond motifs is 1. The SMILES string of the molecule is CCOc1ccc(-c2ccc(CNC(=O)[C@H](CC)c3ccccc3)c3cnccc23)cc1. The summed E-state index contributed by atoms with van der Waals surface area (Å²) in [7, 11) is 0. The highest BCUT2D eigenvalue weighted by atomic mass is 16.5. The van der Waals surface area contributed by atoms with Crippen LogP contribution in [-0.4, -0.2) is 17.5 Å². The fraction of sp³-hybridized carbons (Fsp3) is 0.214. The molecule has 4 heteroatoms. The Bertz CT molecular complexity index is 1190. The summed E-state index contributed by atoms with van der Waals surface area (Å²) >= 11 is 0. The van der Waals surface area contributed by atoms with Crippen LogP contribution in [0.25, 0.3) is 21.9 Å². The van der Waals surface area contributed by atoms with E-state index in [9.17, 15) is 4.79 Å². The zero-order chi connectivity index (χ0) is 22.3. The van der Waals surface area contributed by atoms with Gasteiger partial charge in [0, 0.05) is 24.3 Å². The molecule has 1 amide bonds. The molecule has 1 heterocycles. The van der Waals surface area contributed by atoms with Crippen LogP contribution >= 0.6 is 0 Å². The number of carbonyl (C=O) groups excluding carboxylic acids is 1. The smallest absolute Gasteiger partial charge is 0.227 e. The third-order valence-corrected chi connectivity index (χ3v) is 5.76. The molecular formula is C28H28N2O2. The lowest BCUT2D eigenvalue weighted by Gasteiger charge is -2.17. The lowest BCUT2D eigenvalue weighted by Crippen LogP contribution is -2.28. The van der Waals surface area contributed by atoms with Gasteiger partial charge in [0.2, 0.25) is 5.91 Å². The Morgan fingerprint density at radius 2 is 1.72 bits per heavy atom. The van der Waals surface area contributed by atoms with E-state index < -0.39 is 0 Å². The summed E-state index contributed by atoms with van der Waals surface area (Å²) in [4.78, 5) is 17.3. The van der Waals surface area contributed by atoms with E-state index >= 15 is 0 Å². The summed E-state index contributed by atoms with van der Waals surface area (Å²) in [5, 5.41) is 5.30. The maximum absolute atomic E-state index is 12.9. The molecule has 0 saturated carbocycles. The van der Waals surface area contributed by atoms with Crippen LogP contribution in [0, 0.1) is 0 Å². The second-order valence-corrected chi connectivity index (χ2v) is 7.74. The van der Waals surface area contributed by atoms with Crippen molar-refractivity contribution in [2.75, 3.05) is 6.61 Å². The number of ether oxygens (including phenoxy) is 1. The first kappa shape index (κ1) is 21.6. The van der Waals surface area contributed by atoms with Crippen LogP contribution in [0.1, 0.15) is 37.3 Å². The minimum atomic E-state index is -0.149. The number of nitrogens with one attached hydrogen (secondary N) is 1. The van der Waals surface area contributed by atoms with E-state index in [-0.39, 0.29) is 11.8 Å². The summed E-state index contributed by atoms with van der Waals surface area (Å²) in [5.41, 5.74) is 4.36. The summed E-state index contributed by atoms with van der Waals surface area (Å²) in [6.07, 6.45) is 4.45. The molecule has 0 saturated heterocycles. The molecule has 0 unspecified atom stereocenters. The molecule has 4 nitrogen and oxygen atoms in total. The highest BCUT2D eigenvalue weighted by molar-refractivity contribution is 5.98. The van der Waals surface area contributed by atoms with Crippen molar-refractivity contribution in [3.05, 3.63) is 96.3 Å². The van der Waals surface area contributed by atoms with E-state index in [0.717, 1.165) is 45.2 Å². The van der Waals surface area contributed by atoms with Gasteiger partial charge in [0.1, 0.15) is 5.75 Å². The van der Waals surface area contributed by atoms with Crippen molar-refractivity contribution < 1.29 is 9.53 Å². The van der Waals surface area contributed by atoms with Gasteiger partial charge in [0.25, 0.3) is 0 Å². The quantitative estimate of drug-likeness (QED) is 0.371. The fourth-order valence-electron chi connectivity index (χ4n) is 4.12. The van der Waals surface area contributed by atoms with Gasteiger partial charge >= 0.3 is 0 Å². The number of nitrogens with zero attached hydrogens (tertiary/aromatic N) is 1. The molecule has 162 valence electrons. The van der Waals surface area contributed by atoms with Gasteiger partial charge in [-0.2, -0.15) is 0 Å². The molecule has 4 aromatic rings. The lowest BCUT2D eigenvalue weighted by molar-refractivity contribution is -0.122. The normalized spacial score (nSPS) is 11.8. The Morgan fingerprint density at radius 3 is 2.44 bits per heavy atom. The number of benzene rings is 3. The van der Waals surface area contributed by atoms with Crippen molar-refractivity contribution in [3.8, 4) is 16.9 Å². The first-order chi connectivity index (χ1) is 15.7. The zero-order valence-corrected chi connectivity index (χ0v) is 18.5. The molecule has 0 fully saturated rings. The van der Waals surface area contributed by atoms with Crippen LogP contribution < -0.4 is 10.1 Å². The van der Waals surface area contributed by atoms with E-state index in [0.29, 0.717) is 13.2 Å². The molecule has 4 rings (SSSR count). The minimum Gasteiger partial charge on any atom is -0.494 e. The van der Waals surface area contributed by atoms with Crippen molar-refractivity contribution in [3.63, 3.8) is 0 Å². The fourth-order valence-corrected chi connectivity index (χ4v) is 4.12. The zero-order valence-electron chi connectivity index (χ0n) is 18.5. The first-order valence-electron chi connectivity index (χ1n) is 11.1. The molecular weight excluding hydrogens is 396 g/mol. The average Bonchev–Trinajstić information content (AvgIpc) is 2.84. The maximum atomic E-state index is 12.9. The molecule has 0 spiro atoms. The molecule has 0 aliphatic carbocycles. The van der Waals surface area contributed by atoms with Crippen LogP contribution in [0.15, 0.2) is 85.2 Å². The molecule has 1 N–H and O–H groups in total. The number of hydrogen-bond acceptors (Lipinski definition) is 3. The van der Waals surface area contributed by atoms with Gasteiger partial charge in [-0.05, 0) is 59.2 Å². The first-order valence-corrected chi connectivity index (χ1v) is 11.1. The van der Waals surface area contributed by atoms with Crippen molar-refractivity contribution in [2.24, 2.45) is 0 Å².